The van der Waals surface area contributed by atoms with E-state index in [2.05, 4.69) is 10.1 Å². The zero-order valence-corrected chi connectivity index (χ0v) is 12.9. The van der Waals surface area contributed by atoms with Crippen LogP contribution in [0.1, 0.15) is 5.69 Å². The highest BCUT2D eigenvalue weighted by Gasteiger charge is 2.13. The molecule has 2 heterocycles. The van der Waals surface area contributed by atoms with Crippen LogP contribution < -0.4 is 4.74 Å². The van der Waals surface area contributed by atoms with Gasteiger partial charge in [-0.15, -0.1) is 0 Å². The van der Waals surface area contributed by atoms with Crippen molar-refractivity contribution in [3.63, 3.8) is 0 Å². The fourth-order valence-electron chi connectivity index (χ4n) is 2.49. The number of fused-ring (bicyclic) bond motifs is 3. The van der Waals surface area contributed by atoms with E-state index >= 15 is 0 Å². The molecule has 0 atom stereocenters. The lowest BCUT2D eigenvalue weighted by Crippen LogP contribution is -1.97. The molecule has 0 unspecified atom stereocenters. The van der Waals surface area contributed by atoms with Crippen LogP contribution in [0.2, 0.25) is 5.02 Å². The van der Waals surface area contributed by atoms with Crippen molar-refractivity contribution >= 4 is 28.2 Å². The molecule has 23 heavy (non-hydrogen) atoms. The zero-order valence-electron chi connectivity index (χ0n) is 12.1. The van der Waals surface area contributed by atoms with Gasteiger partial charge in [-0.3, -0.25) is 0 Å². The number of aryl methyl sites for hydroxylation is 1. The van der Waals surface area contributed by atoms with Gasteiger partial charge in [0.15, 0.2) is 5.65 Å². The number of para-hydroxylation sites is 1. The Morgan fingerprint density at radius 2 is 1.96 bits per heavy atom. The normalized spacial score (nSPS) is 11.3. The Bertz CT molecular complexity index is 1040. The van der Waals surface area contributed by atoms with Crippen LogP contribution in [0.3, 0.4) is 0 Å². The molecule has 6 heteroatoms. The van der Waals surface area contributed by atoms with Crippen molar-refractivity contribution in [2.24, 2.45) is 0 Å². The van der Waals surface area contributed by atoms with E-state index in [0.29, 0.717) is 17.3 Å². The number of nitrogens with zero attached hydrogens (tertiary/aromatic N) is 3. The van der Waals surface area contributed by atoms with Gasteiger partial charge in [0.05, 0.1) is 21.6 Å². The minimum absolute atomic E-state index is 0.195. The number of halogens is 2. The van der Waals surface area contributed by atoms with Gasteiger partial charge in [0.25, 0.3) is 0 Å². The number of ether oxygens (including phenoxy) is 1. The van der Waals surface area contributed by atoms with E-state index in [1.54, 1.807) is 4.52 Å². The van der Waals surface area contributed by atoms with Gasteiger partial charge in [0.2, 0.25) is 5.88 Å². The first kappa shape index (κ1) is 14.0. The second kappa shape index (κ2) is 5.21. The number of rotatable bonds is 2. The third-order valence-electron chi connectivity index (χ3n) is 3.49. The highest BCUT2D eigenvalue weighted by atomic mass is 35.5. The van der Waals surface area contributed by atoms with E-state index < -0.39 is 5.82 Å². The molecule has 0 fully saturated rings. The first-order chi connectivity index (χ1) is 11.1. The second-order valence-corrected chi connectivity index (χ2v) is 5.57. The van der Waals surface area contributed by atoms with Gasteiger partial charge in [-0.05, 0) is 37.3 Å². The van der Waals surface area contributed by atoms with Crippen molar-refractivity contribution in [2.45, 2.75) is 6.92 Å². The standard InChI is InChI=1S/C17H11ClFN3O/c1-10-8-16-20-17(23-15-7-6-11(19)9-13(15)18)12-4-2-3-5-14(12)22(16)21-10/h2-9H,1H3. The lowest BCUT2D eigenvalue weighted by Gasteiger charge is -2.10. The summed E-state index contributed by atoms with van der Waals surface area (Å²) in [5, 5.41) is 5.43. The smallest absolute Gasteiger partial charge is 0.230 e. The third kappa shape index (κ3) is 2.39. The molecule has 0 spiro atoms. The average Bonchev–Trinajstić information content (AvgIpc) is 2.90. The summed E-state index contributed by atoms with van der Waals surface area (Å²) in [7, 11) is 0. The SMILES string of the molecule is Cc1cc2nc(Oc3ccc(F)cc3Cl)c3ccccc3n2n1. The number of aromatic nitrogens is 3. The minimum Gasteiger partial charge on any atom is -0.437 e. The Hall–Kier alpha value is -2.66. The van der Waals surface area contributed by atoms with Crippen LogP contribution in [-0.4, -0.2) is 14.6 Å². The molecule has 0 aliphatic heterocycles. The molecule has 4 aromatic rings. The maximum atomic E-state index is 13.2. The van der Waals surface area contributed by atoms with Crippen LogP contribution in [0.15, 0.2) is 48.5 Å². The van der Waals surface area contributed by atoms with Crippen LogP contribution in [0.5, 0.6) is 11.6 Å². The lowest BCUT2D eigenvalue weighted by molar-refractivity contribution is 0.468. The molecule has 0 radical (unpaired) electrons. The van der Waals surface area contributed by atoms with Crippen molar-refractivity contribution in [2.75, 3.05) is 0 Å². The molecule has 0 bridgehead atoms. The Balaban J connectivity index is 1.94. The number of hydrogen-bond donors (Lipinski definition) is 0. The van der Waals surface area contributed by atoms with Gasteiger partial charge in [0, 0.05) is 6.07 Å². The van der Waals surface area contributed by atoms with Crippen LogP contribution in [0.4, 0.5) is 4.39 Å². The summed E-state index contributed by atoms with van der Waals surface area (Å²) in [6, 6.07) is 13.5. The lowest BCUT2D eigenvalue weighted by atomic mass is 10.2. The fraction of sp³-hybridized carbons (Fsp3) is 0.0588. The van der Waals surface area contributed by atoms with E-state index in [1.165, 1.54) is 18.2 Å². The number of benzene rings is 2. The molecular weight excluding hydrogens is 317 g/mol. The predicted molar refractivity (Wildman–Crippen MR) is 86.7 cm³/mol. The molecule has 0 aliphatic rings. The summed E-state index contributed by atoms with van der Waals surface area (Å²) >= 11 is 6.04. The molecule has 0 aliphatic carbocycles. The van der Waals surface area contributed by atoms with E-state index in [4.69, 9.17) is 16.3 Å². The molecule has 0 amide bonds. The summed E-state index contributed by atoms with van der Waals surface area (Å²) in [6.45, 7) is 1.90. The highest BCUT2D eigenvalue weighted by Crippen LogP contribution is 2.33. The topological polar surface area (TPSA) is 39.4 Å². The molecular formula is C17H11ClFN3O. The van der Waals surface area contributed by atoms with E-state index in [1.807, 2.05) is 37.3 Å². The maximum Gasteiger partial charge on any atom is 0.230 e. The number of hydrogen-bond acceptors (Lipinski definition) is 3. The second-order valence-electron chi connectivity index (χ2n) is 5.17. The summed E-state index contributed by atoms with van der Waals surface area (Å²) in [5.41, 5.74) is 2.41. The van der Waals surface area contributed by atoms with Crippen molar-refractivity contribution in [1.29, 1.82) is 0 Å². The van der Waals surface area contributed by atoms with Crippen LogP contribution in [0, 0.1) is 12.7 Å². The monoisotopic (exact) mass is 327 g/mol. The molecule has 0 N–H and O–H groups in total. The summed E-state index contributed by atoms with van der Waals surface area (Å²) in [4.78, 5) is 4.51. The fourth-order valence-corrected chi connectivity index (χ4v) is 2.69. The largest absolute Gasteiger partial charge is 0.437 e. The van der Waals surface area contributed by atoms with Gasteiger partial charge < -0.3 is 4.74 Å². The summed E-state index contributed by atoms with van der Waals surface area (Å²) < 4.78 is 20.8. The van der Waals surface area contributed by atoms with Crippen molar-refractivity contribution < 1.29 is 9.13 Å². The first-order valence-electron chi connectivity index (χ1n) is 7.00. The Labute approximate surface area is 136 Å². The predicted octanol–water partition coefficient (Wildman–Crippen LogP) is 4.78. The minimum atomic E-state index is -0.415. The van der Waals surface area contributed by atoms with Gasteiger partial charge in [-0.25, -0.2) is 8.91 Å². The van der Waals surface area contributed by atoms with E-state index in [0.717, 1.165) is 16.6 Å². The van der Waals surface area contributed by atoms with Crippen LogP contribution >= 0.6 is 11.6 Å². The zero-order chi connectivity index (χ0) is 16.0. The molecule has 0 saturated heterocycles. The van der Waals surface area contributed by atoms with E-state index in [9.17, 15) is 4.39 Å². The van der Waals surface area contributed by atoms with Crippen molar-refractivity contribution in [3.05, 3.63) is 65.1 Å². The van der Waals surface area contributed by atoms with Gasteiger partial charge in [-0.2, -0.15) is 10.1 Å². The first-order valence-corrected chi connectivity index (χ1v) is 7.37. The molecule has 4 rings (SSSR count). The molecule has 0 saturated carbocycles. The Kier molecular flexibility index (Phi) is 3.16. The Morgan fingerprint density at radius 1 is 1.13 bits per heavy atom. The maximum absolute atomic E-state index is 13.2. The summed E-state index contributed by atoms with van der Waals surface area (Å²) in [6.07, 6.45) is 0. The average molecular weight is 328 g/mol. The molecule has 4 nitrogen and oxygen atoms in total. The van der Waals surface area contributed by atoms with Crippen LogP contribution in [-0.2, 0) is 0 Å². The van der Waals surface area contributed by atoms with Gasteiger partial charge in [0.1, 0.15) is 11.6 Å². The summed E-state index contributed by atoms with van der Waals surface area (Å²) in [5.74, 6) is 0.342. The quantitative estimate of drug-likeness (QED) is 0.532. The van der Waals surface area contributed by atoms with Gasteiger partial charge in [-0.1, -0.05) is 23.7 Å². The molecule has 2 aromatic heterocycles. The van der Waals surface area contributed by atoms with Gasteiger partial charge >= 0.3 is 0 Å². The Morgan fingerprint density at radius 3 is 2.78 bits per heavy atom. The van der Waals surface area contributed by atoms with Crippen molar-refractivity contribution in [3.8, 4) is 11.6 Å². The van der Waals surface area contributed by atoms with Crippen LogP contribution in [0.25, 0.3) is 16.6 Å². The van der Waals surface area contributed by atoms with Crippen molar-refractivity contribution in [1.82, 2.24) is 14.6 Å². The molecule has 114 valence electrons. The highest BCUT2D eigenvalue weighted by molar-refractivity contribution is 6.32. The third-order valence-corrected chi connectivity index (χ3v) is 3.79. The molecule has 2 aromatic carbocycles. The van der Waals surface area contributed by atoms with E-state index in [-0.39, 0.29) is 5.02 Å².